The number of hydrogen-bond donors (Lipinski definition) is 0. The van der Waals surface area contributed by atoms with Gasteiger partial charge in [-0.1, -0.05) is 12.1 Å². The van der Waals surface area contributed by atoms with E-state index < -0.39 is 0 Å². The van der Waals surface area contributed by atoms with Gasteiger partial charge >= 0.3 is 0 Å². The summed E-state index contributed by atoms with van der Waals surface area (Å²) < 4.78 is 8.29. The lowest BCUT2D eigenvalue weighted by molar-refractivity contribution is 0.415. The Labute approximate surface area is 164 Å². The highest BCUT2D eigenvalue weighted by Gasteiger charge is 2.12. The van der Waals surface area contributed by atoms with Crippen LogP contribution >= 0.6 is 22.6 Å². The topological polar surface area (TPSA) is 50.3 Å². The Balaban J connectivity index is 1.86. The molecule has 0 bridgehead atoms. The Kier molecular flexibility index (Phi) is 4.35. The second-order valence-electron chi connectivity index (χ2n) is 5.81. The molecule has 2 aromatic carbocycles. The summed E-state index contributed by atoms with van der Waals surface area (Å²) in [5, 5.41) is 13.8. The maximum Gasteiger partial charge on any atom is 0.118 e. The Bertz CT molecular complexity index is 1120. The van der Waals surface area contributed by atoms with Crippen LogP contribution in [0.4, 0.5) is 0 Å². The summed E-state index contributed by atoms with van der Waals surface area (Å²) in [6.07, 6.45) is 0. The van der Waals surface area contributed by atoms with Gasteiger partial charge in [0.15, 0.2) is 0 Å². The first kappa shape index (κ1) is 16.6. The molecule has 0 aliphatic heterocycles. The molecule has 0 radical (unpaired) electrons. The van der Waals surface area contributed by atoms with Crippen LogP contribution in [0.2, 0.25) is 0 Å². The zero-order valence-electron chi connectivity index (χ0n) is 14.0. The largest absolute Gasteiger partial charge is 0.497 e. The van der Waals surface area contributed by atoms with Crippen LogP contribution in [0.15, 0.2) is 66.7 Å². The van der Waals surface area contributed by atoms with Crippen LogP contribution in [-0.4, -0.2) is 16.7 Å². The number of halogens is 1. The van der Waals surface area contributed by atoms with Crippen LogP contribution < -0.4 is 4.74 Å². The van der Waals surface area contributed by atoms with Gasteiger partial charge in [-0.3, -0.25) is 0 Å². The SMILES string of the molecule is COc1ccc(-c2cc3ccc(I)c(-c4ccc(C#N)cc4)n3n2)cc1. The van der Waals surface area contributed by atoms with E-state index in [0.717, 1.165) is 37.4 Å². The summed E-state index contributed by atoms with van der Waals surface area (Å²) in [7, 11) is 1.66. The van der Waals surface area contributed by atoms with Crippen LogP contribution in [0, 0.1) is 14.9 Å². The average Bonchev–Trinajstić information content (AvgIpc) is 3.12. The molecule has 0 spiro atoms. The molecule has 126 valence electrons. The molecule has 4 rings (SSSR count). The molecule has 4 aromatic rings. The van der Waals surface area contributed by atoms with E-state index in [9.17, 15) is 0 Å². The minimum atomic E-state index is 0.648. The number of rotatable bonds is 3. The van der Waals surface area contributed by atoms with Crippen LogP contribution in [0.5, 0.6) is 5.75 Å². The van der Waals surface area contributed by atoms with Gasteiger partial charge in [-0.15, -0.1) is 0 Å². The van der Waals surface area contributed by atoms with Crippen LogP contribution in [0.1, 0.15) is 5.56 Å². The number of ether oxygens (including phenoxy) is 1. The molecule has 2 aromatic heterocycles. The predicted molar refractivity (Wildman–Crippen MR) is 110 cm³/mol. The molecule has 0 saturated heterocycles. The van der Waals surface area contributed by atoms with E-state index >= 15 is 0 Å². The van der Waals surface area contributed by atoms with Crippen molar-refractivity contribution in [3.8, 4) is 34.3 Å². The van der Waals surface area contributed by atoms with Crippen molar-refractivity contribution in [2.45, 2.75) is 0 Å². The van der Waals surface area contributed by atoms with Gasteiger partial charge in [0.1, 0.15) is 5.75 Å². The van der Waals surface area contributed by atoms with Crippen LogP contribution in [-0.2, 0) is 0 Å². The first-order chi connectivity index (χ1) is 12.7. The van der Waals surface area contributed by atoms with Crippen molar-refractivity contribution in [1.82, 2.24) is 9.61 Å². The van der Waals surface area contributed by atoms with Gasteiger partial charge in [0.25, 0.3) is 0 Å². The minimum absolute atomic E-state index is 0.648. The summed E-state index contributed by atoms with van der Waals surface area (Å²) in [6, 6.07) is 23.9. The second-order valence-corrected chi connectivity index (χ2v) is 6.98. The third kappa shape index (κ3) is 2.93. The van der Waals surface area contributed by atoms with Crippen molar-refractivity contribution in [3.05, 3.63) is 75.9 Å². The van der Waals surface area contributed by atoms with Gasteiger partial charge in [-0.25, -0.2) is 4.52 Å². The van der Waals surface area contributed by atoms with E-state index in [2.05, 4.69) is 46.9 Å². The normalized spacial score (nSPS) is 10.7. The summed E-state index contributed by atoms with van der Waals surface area (Å²) in [6.45, 7) is 0. The zero-order valence-corrected chi connectivity index (χ0v) is 16.1. The third-order valence-electron chi connectivity index (χ3n) is 4.25. The van der Waals surface area contributed by atoms with Gasteiger partial charge in [0.2, 0.25) is 0 Å². The fourth-order valence-corrected chi connectivity index (χ4v) is 3.62. The van der Waals surface area contributed by atoms with Gasteiger partial charge in [-0.05, 0) is 77.2 Å². The molecular formula is C21H14IN3O. The number of aromatic nitrogens is 2. The number of benzene rings is 2. The standard InChI is InChI=1S/C21H14IN3O/c1-26-18-9-6-15(7-10-18)20-12-17-8-11-19(22)21(25(17)24-20)16-4-2-14(13-23)3-5-16/h2-12H,1H3. The minimum Gasteiger partial charge on any atom is -0.497 e. The van der Waals surface area contributed by atoms with Crippen molar-refractivity contribution in [2.75, 3.05) is 7.11 Å². The smallest absolute Gasteiger partial charge is 0.118 e. The maximum atomic E-state index is 9.01. The molecule has 0 N–H and O–H groups in total. The molecule has 0 aliphatic rings. The lowest BCUT2D eigenvalue weighted by atomic mass is 10.1. The maximum absolute atomic E-state index is 9.01. The quantitative estimate of drug-likeness (QED) is 0.405. The number of pyridine rings is 1. The van der Waals surface area contributed by atoms with E-state index in [1.54, 1.807) is 7.11 Å². The van der Waals surface area contributed by atoms with Crippen LogP contribution in [0.3, 0.4) is 0 Å². The van der Waals surface area contributed by atoms with Crippen molar-refractivity contribution >= 4 is 28.1 Å². The molecule has 0 aliphatic carbocycles. The molecule has 5 heteroatoms. The fraction of sp³-hybridized carbons (Fsp3) is 0.0476. The number of fused-ring (bicyclic) bond motifs is 1. The van der Waals surface area contributed by atoms with Crippen molar-refractivity contribution in [3.63, 3.8) is 0 Å². The first-order valence-corrected chi connectivity index (χ1v) is 9.11. The lowest BCUT2D eigenvalue weighted by Gasteiger charge is -2.08. The number of hydrogen-bond acceptors (Lipinski definition) is 3. The predicted octanol–water partition coefficient (Wildman–Crippen LogP) is 5.15. The average molecular weight is 451 g/mol. The van der Waals surface area contributed by atoms with Gasteiger partial charge in [0.05, 0.1) is 35.6 Å². The third-order valence-corrected chi connectivity index (χ3v) is 5.12. The Morgan fingerprint density at radius 1 is 0.962 bits per heavy atom. The van der Waals surface area contributed by atoms with E-state index in [4.69, 9.17) is 15.1 Å². The van der Waals surface area contributed by atoms with Crippen molar-refractivity contribution in [1.29, 1.82) is 5.26 Å². The second kappa shape index (κ2) is 6.81. The van der Waals surface area contributed by atoms with Crippen molar-refractivity contribution < 1.29 is 4.74 Å². The Morgan fingerprint density at radius 3 is 2.31 bits per heavy atom. The molecule has 2 heterocycles. The molecule has 0 fully saturated rings. The van der Waals surface area contributed by atoms with E-state index in [1.165, 1.54) is 0 Å². The zero-order chi connectivity index (χ0) is 18.1. The highest BCUT2D eigenvalue weighted by atomic mass is 127. The van der Waals surface area contributed by atoms with Crippen LogP contribution in [0.25, 0.3) is 28.0 Å². The van der Waals surface area contributed by atoms with Gasteiger partial charge in [-0.2, -0.15) is 10.4 Å². The number of nitrogens with zero attached hydrogens (tertiary/aromatic N) is 3. The molecular weight excluding hydrogens is 437 g/mol. The van der Waals surface area contributed by atoms with E-state index in [1.807, 2.05) is 53.0 Å². The lowest BCUT2D eigenvalue weighted by Crippen LogP contribution is -1.97. The van der Waals surface area contributed by atoms with E-state index in [0.29, 0.717) is 5.56 Å². The molecule has 26 heavy (non-hydrogen) atoms. The van der Waals surface area contributed by atoms with Crippen molar-refractivity contribution in [2.24, 2.45) is 0 Å². The summed E-state index contributed by atoms with van der Waals surface area (Å²) in [5.74, 6) is 0.824. The highest BCUT2D eigenvalue weighted by molar-refractivity contribution is 14.1. The Hall–Kier alpha value is -2.85. The Morgan fingerprint density at radius 2 is 1.65 bits per heavy atom. The van der Waals surface area contributed by atoms with Gasteiger partial charge < -0.3 is 4.74 Å². The summed E-state index contributed by atoms with van der Waals surface area (Å²) >= 11 is 2.32. The monoisotopic (exact) mass is 451 g/mol. The van der Waals surface area contributed by atoms with E-state index in [-0.39, 0.29) is 0 Å². The molecule has 0 atom stereocenters. The molecule has 4 nitrogen and oxygen atoms in total. The summed E-state index contributed by atoms with van der Waals surface area (Å²) in [5.41, 5.74) is 5.67. The molecule has 0 unspecified atom stereocenters. The molecule has 0 saturated carbocycles. The molecule has 0 amide bonds. The fourth-order valence-electron chi connectivity index (χ4n) is 2.90. The number of nitriles is 1. The number of methoxy groups -OCH3 is 1. The highest BCUT2D eigenvalue weighted by Crippen LogP contribution is 2.29. The summed E-state index contributed by atoms with van der Waals surface area (Å²) in [4.78, 5) is 0. The van der Waals surface area contributed by atoms with Gasteiger partial charge in [0, 0.05) is 14.7 Å². The first-order valence-electron chi connectivity index (χ1n) is 8.03.